The molecule has 30 heavy (non-hydrogen) atoms. The summed E-state index contributed by atoms with van der Waals surface area (Å²) in [5.74, 6) is -0.218. The number of carbonyl (C=O) groups is 2. The predicted octanol–water partition coefficient (Wildman–Crippen LogP) is 5.48. The molecule has 0 heterocycles. The fraction of sp³-hybridized carbons (Fsp3) is 0.125. The van der Waals surface area contributed by atoms with Crippen molar-refractivity contribution < 1.29 is 9.59 Å². The van der Waals surface area contributed by atoms with Crippen molar-refractivity contribution in [1.82, 2.24) is 5.43 Å². The number of hydrogen-bond donors (Lipinski definition) is 2. The van der Waals surface area contributed by atoms with E-state index in [0.29, 0.717) is 27.8 Å². The monoisotopic (exact) mass is 419 g/mol. The van der Waals surface area contributed by atoms with Crippen LogP contribution in [0.1, 0.15) is 51.6 Å². The first-order valence-electron chi connectivity index (χ1n) is 9.53. The van der Waals surface area contributed by atoms with Crippen LogP contribution >= 0.6 is 11.6 Å². The molecule has 5 nitrogen and oxygen atoms in total. The molecule has 0 fully saturated rings. The quantitative estimate of drug-likeness (QED) is 0.410. The number of halogens is 1. The fourth-order valence-electron chi connectivity index (χ4n) is 2.77. The van der Waals surface area contributed by atoms with E-state index < -0.39 is 0 Å². The zero-order chi connectivity index (χ0) is 21.5. The second-order valence-electron chi connectivity index (χ2n) is 7.07. The SMILES string of the molecule is CC(C)c1ccc(/C=N\NC(=O)c2cccc(NC(=O)c3cccc(Cl)c3)c2)cc1. The molecule has 0 aliphatic rings. The average Bonchev–Trinajstić information content (AvgIpc) is 2.74. The van der Waals surface area contributed by atoms with Crippen LogP contribution in [0.15, 0.2) is 77.9 Å². The van der Waals surface area contributed by atoms with Gasteiger partial charge in [-0.05, 0) is 53.4 Å². The summed E-state index contributed by atoms with van der Waals surface area (Å²) in [5.41, 5.74) is 5.96. The molecule has 3 rings (SSSR count). The van der Waals surface area contributed by atoms with Gasteiger partial charge in [-0.2, -0.15) is 5.10 Å². The van der Waals surface area contributed by atoms with E-state index in [-0.39, 0.29) is 11.8 Å². The van der Waals surface area contributed by atoms with Crippen LogP contribution in [0.2, 0.25) is 5.02 Å². The molecule has 0 aliphatic heterocycles. The zero-order valence-electron chi connectivity index (χ0n) is 16.7. The third-order valence-corrected chi connectivity index (χ3v) is 4.69. The highest BCUT2D eigenvalue weighted by Crippen LogP contribution is 2.16. The van der Waals surface area contributed by atoms with E-state index in [9.17, 15) is 9.59 Å². The highest BCUT2D eigenvalue weighted by molar-refractivity contribution is 6.31. The Balaban J connectivity index is 1.62. The van der Waals surface area contributed by atoms with Crippen LogP contribution in [0, 0.1) is 0 Å². The molecule has 6 heteroatoms. The Hall–Kier alpha value is -3.44. The topological polar surface area (TPSA) is 70.6 Å². The number of nitrogens with one attached hydrogen (secondary N) is 2. The van der Waals surface area contributed by atoms with E-state index in [4.69, 9.17) is 11.6 Å². The van der Waals surface area contributed by atoms with Crippen molar-refractivity contribution in [2.75, 3.05) is 5.32 Å². The molecule has 2 amide bonds. The molecule has 0 saturated carbocycles. The van der Waals surface area contributed by atoms with E-state index >= 15 is 0 Å². The van der Waals surface area contributed by atoms with Crippen LogP contribution < -0.4 is 10.7 Å². The molecule has 2 N–H and O–H groups in total. The number of nitrogens with zero attached hydrogens (tertiary/aromatic N) is 1. The smallest absolute Gasteiger partial charge is 0.271 e. The molecule has 3 aromatic rings. The Kier molecular flexibility index (Phi) is 6.99. The van der Waals surface area contributed by atoms with Crippen LogP contribution in [0.4, 0.5) is 5.69 Å². The summed E-state index contributed by atoms with van der Waals surface area (Å²) in [6, 6.07) is 21.3. The molecule has 0 unspecified atom stereocenters. The highest BCUT2D eigenvalue weighted by atomic mass is 35.5. The van der Waals surface area contributed by atoms with Crippen LogP contribution in [-0.4, -0.2) is 18.0 Å². The Morgan fingerprint density at radius 1 is 0.900 bits per heavy atom. The number of benzene rings is 3. The molecule has 0 saturated heterocycles. The summed E-state index contributed by atoms with van der Waals surface area (Å²) in [4.78, 5) is 24.7. The van der Waals surface area contributed by atoms with Gasteiger partial charge in [-0.15, -0.1) is 0 Å². The van der Waals surface area contributed by atoms with Crippen LogP contribution in [0.3, 0.4) is 0 Å². The number of amides is 2. The van der Waals surface area contributed by atoms with Gasteiger partial charge in [0.1, 0.15) is 0 Å². The normalized spacial score (nSPS) is 10.9. The summed E-state index contributed by atoms with van der Waals surface area (Å²) in [6.07, 6.45) is 1.59. The van der Waals surface area contributed by atoms with Gasteiger partial charge in [-0.25, -0.2) is 5.43 Å². The molecule has 3 aromatic carbocycles. The van der Waals surface area contributed by atoms with Gasteiger partial charge in [0.05, 0.1) is 6.21 Å². The molecule has 0 spiro atoms. The fourth-order valence-corrected chi connectivity index (χ4v) is 2.96. The molecular weight excluding hydrogens is 398 g/mol. The minimum atomic E-state index is -0.371. The van der Waals surface area contributed by atoms with Crippen molar-refractivity contribution in [2.24, 2.45) is 5.10 Å². The summed E-state index contributed by atoms with van der Waals surface area (Å²) in [5, 5.41) is 7.25. The van der Waals surface area contributed by atoms with Crippen LogP contribution in [-0.2, 0) is 0 Å². The highest BCUT2D eigenvalue weighted by Gasteiger charge is 2.09. The Labute approximate surface area is 180 Å². The lowest BCUT2D eigenvalue weighted by atomic mass is 10.0. The van der Waals surface area contributed by atoms with Gasteiger partial charge >= 0.3 is 0 Å². The molecule has 0 bridgehead atoms. The summed E-state index contributed by atoms with van der Waals surface area (Å²) < 4.78 is 0. The van der Waals surface area contributed by atoms with Gasteiger partial charge in [0, 0.05) is 21.8 Å². The van der Waals surface area contributed by atoms with E-state index in [0.717, 1.165) is 5.56 Å². The number of rotatable bonds is 6. The second kappa shape index (κ2) is 9.85. The first-order chi connectivity index (χ1) is 14.4. The van der Waals surface area contributed by atoms with Gasteiger partial charge in [0.15, 0.2) is 0 Å². The first kappa shape index (κ1) is 21.3. The largest absolute Gasteiger partial charge is 0.322 e. The Bertz CT molecular complexity index is 1080. The standard InChI is InChI=1S/C24H22ClN3O2/c1-16(2)18-11-9-17(10-12-18)15-26-28-24(30)20-6-4-8-22(14-20)27-23(29)19-5-3-7-21(25)13-19/h3-16H,1-2H3,(H,27,29)(H,28,30)/b26-15-. The van der Waals surface area contributed by atoms with Gasteiger partial charge in [0.2, 0.25) is 0 Å². The average molecular weight is 420 g/mol. The van der Waals surface area contributed by atoms with Gasteiger partial charge in [-0.3, -0.25) is 9.59 Å². The van der Waals surface area contributed by atoms with Gasteiger partial charge < -0.3 is 5.32 Å². The summed E-state index contributed by atoms with van der Waals surface area (Å²) in [6.45, 7) is 4.27. The second-order valence-corrected chi connectivity index (χ2v) is 7.50. The maximum Gasteiger partial charge on any atom is 0.271 e. The molecule has 0 aromatic heterocycles. The summed E-state index contributed by atoms with van der Waals surface area (Å²) >= 11 is 5.93. The van der Waals surface area contributed by atoms with Crippen molar-refractivity contribution in [3.8, 4) is 0 Å². The van der Waals surface area contributed by atoms with Crippen LogP contribution in [0.5, 0.6) is 0 Å². The van der Waals surface area contributed by atoms with Gasteiger partial charge in [0.25, 0.3) is 11.8 Å². The summed E-state index contributed by atoms with van der Waals surface area (Å²) in [7, 11) is 0. The first-order valence-corrected chi connectivity index (χ1v) is 9.90. The molecule has 152 valence electrons. The van der Waals surface area contributed by atoms with Crippen molar-refractivity contribution in [3.05, 3.63) is 100 Å². The minimum Gasteiger partial charge on any atom is -0.322 e. The van der Waals surface area contributed by atoms with Crippen molar-refractivity contribution in [2.45, 2.75) is 19.8 Å². The lowest BCUT2D eigenvalue weighted by molar-refractivity contribution is 0.0953. The van der Waals surface area contributed by atoms with Crippen LogP contribution in [0.25, 0.3) is 0 Å². The number of hydrazone groups is 1. The third kappa shape index (κ3) is 5.78. The molecular formula is C24H22ClN3O2. The van der Waals surface area contributed by atoms with E-state index in [1.807, 2.05) is 24.3 Å². The number of hydrogen-bond acceptors (Lipinski definition) is 3. The van der Waals surface area contributed by atoms with E-state index in [2.05, 4.69) is 29.7 Å². The minimum absolute atomic E-state index is 0.307. The molecule has 0 aliphatic carbocycles. The maximum atomic E-state index is 12.4. The van der Waals surface area contributed by atoms with Crippen molar-refractivity contribution in [1.29, 1.82) is 0 Å². The molecule has 0 radical (unpaired) electrons. The maximum absolute atomic E-state index is 12.4. The van der Waals surface area contributed by atoms with Gasteiger partial charge in [-0.1, -0.05) is 61.8 Å². The zero-order valence-corrected chi connectivity index (χ0v) is 17.5. The third-order valence-electron chi connectivity index (χ3n) is 4.45. The van der Waals surface area contributed by atoms with E-state index in [1.165, 1.54) is 5.56 Å². The van der Waals surface area contributed by atoms with Crippen molar-refractivity contribution >= 4 is 35.3 Å². The Morgan fingerprint density at radius 2 is 1.57 bits per heavy atom. The number of anilines is 1. The lowest BCUT2D eigenvalue weighted by Gasteiger charge is -2.07. The lowest BCUT2D eigenvalue weighted by Crippen LogP contribution is -2.18. The number of carbonyl (C=O) groups excluding carboxylic acids is 2. The van der Waals surface area contributed by atoms with Crippen molar-refractivity contribution in [3.63, 3.8) is 0 Å². The predicted molar refractivity (Wildman–Crippen MR) is 121 cm³/mol. The Morgan fingerprint density at radius 3 is 2.23 bits per heavy atom. The molecule has 0 atom stereocenters. The van der Waals surface area contributed by atoms with E-state index in [1.54, 1.807) is 54.7 Å².